The van der Waals surface area contributed by atoms with Crippen molar-refractivity contribution in [3.63, 3.8) is 0 Å². The van der Waals surface area contributed by atoms with Crippen LogP contribution in [0.15, 0.2) is 28.7 Å². The topological polar surface area (TPSA) is 81.8 Å². The van der Waals surface area contributed by atoms with E-state index in [-0.39, 0.29) is 18.2 Å². The average Bonchev–Trinajstić information content (AvgIpc) is 2.71. The molecule has 0 spiro atoms. The van der Waals surface area contributed by atoms with E-state index in [1.54, 1.807) is 38.4 Å². The minimum atomic E-state index is -0.758. The van der Waals surface area contributed by atoms with Crippen LogP contribution in [-0.4, -0.2) is 47.9 Å². The fourth-order valence-corrected chi connectivity index (χ4v) is 2.48. The van der Waals surface area contributed by atoms with Crippen LogP contribution >= 0.6 is 15.9 Å². The van der Waals surface area contributed by atoms with Gasteiger partial charge in [0.1, 0.15) is 6.04 Å². The molecule has 1 aliphatic rings. The number of hydrogen-bond acceptors (Lipinski definition) is 5. The second kappa shape index (κ2) is 6.33. The van der Waals surface area contributed by atoms with E-state index in [9.17, 15) is 14.4 Å². The first-order valence-electron chi connectivity index (χ1n) is 6.26. The van der Waals surface area contributed by atoms with Crippen LogP contribution in [0.3, 0.4) is 0 Å². The van der Waals surface area contributed by atoms with Gasteiger partial charge in [0.05, 0.1) is 12.0 Å². The van der Waals surface area contributed by atoms with Gasteiger partial charge in [-0.1, -0.05) is 12.1 Å². The number of carbonyl (C=O) groups excluding carboxylic acids is 3. The summed E-state index contributed by atoms with van der Waals surface area (Å²) in [7, 11) is 3.22. The van der Waals surface area contributed by atoms with Crippen LogP contribution in [0.25, 0.3) is 0 Å². The Balaban J connectivity index is 1.98. The van der Waals surface area contributed by atoms with E-state index in [1.807, 2.05) is 0 Å². The molecule has 112 valence electrons. The van der Waals surface area contributed by atoms with Gasteiger partial charge in [-0.2, -0.15) is 0 Å². The van der Waals surface area contributed by atoms with Gasteiger partial charge in [-0.15, -0.1) is 0 Å². The SMILES string of the molecule is CN(C)N1C(=O)C[C@@H](NNC(=O)c2ccccc2Br)C1=O. The van der Waals surface area contributed by atoms with Crippen molar-refractivity contribution in [2.45, 2.75) is 12.5 Å². The number of imide groups is 1. The summed E-state index contributed by atoms with van der Waals surface area (Å²) in [6.45, 7) is 0. The normalized spacial score (nSPS) is 18.5. The molecule has 3 amide bonds. The van der Waals surface area contributed by atoms with Crippen LogP contribution in [0.1, 0.15) is 16.8 Å². The van der Waals surface area contributed by atoms with Gasteiger partial charge in [-0.05, 0) is 28.1 Å². The van der Waals surface area contributed by atoms with Gasteiger partial charge in [0, 0.05) is 18.6 Å². The first-order chi connectivity index (χ1) is 9.91. The average molecular weight is 355 g/mol. The van der Waals surface area contributed by atoms with E-state index in [1.165, 1.54) is 5.01 Å². The van der Waals surface area contributed by atoms with E-state index < -0.39 is 11.9 Å². The van der Waals surface area contributed by atoms with Crippen LogP contribution in [0, 0.1) is 0 Å². The molecule has 2 rings (SSSR count). The van der Waals surface area contributed by atoms with Crippen LogP contribution in [0.4, 0.5) is 0 Å². The minimum absolute atomic E-state index is 0.00720. The van der Waals surface area contributed by atoms with Gasteiger partial charge < -0.3 is 0 Å². The number of carbonyl (C=O) groups is 3. The molecule has 1 aliphatic heterocycles. The molecule has 1 atom stereocenters. The Morgan fingerprint density at radius 1 is 1.33 bits per heavy atom. The number of rotatable bonds is 4. The Kier molecular flexibility index (Phi) is 4.71. The summed E-state index contributed by atoms with van der Waals surface area (Å²) in [5.74, 6) is -1.08. The van der Waals surface area contributed by atoms with Crippen molar-refractivity contribution in [1.29, 1.82) is 0 Å². The lowest BCUT2D eigenvalue weighted by Gasteiger charge is -2.21. The summed E-state index contributed by atoms with van der Waals surface area (Å²) < 4.78 is 0.646. The molecule has 1 aromatic rings. The zero-order valence-corrected chi connectivity index (χ0v) is 13.2. The summed E-state index contributed by atoms with van der Waals surface area (Å²) >= 11 is 3.28. The van der Waals surface area contributed by atoms with E-state index in [2.05, 4.69) is 26.8 Å². The molecule has 7 nitrogen and oxygen atoms in total. The molecular formula is C13H15BrN4O3. The molecule has 21 heavy (non-hydrogen) atoms. The number of halogens is 1. The first kappa shape index (κ1) is 15.6. The molecule has 1 aromatic carbocycles. The third kappa shape index (κ3) is 3.29. The van der Waals surface area contributed by atoms with E-state index >= 15 is 0 Å². The van der Waals surface area contributed by atoms with Crippen molar-refractivity contribution < 1.29 is 14.4 Å². The Hall–Kier alpha value is -1.77. The largest absolute Gasteiger partial charge is 0.287 e. The predicted octanol–water partition coefficient (Wildman–Crippen LogP) is 0.288. The molecule has 1 fully saturated rings. The molecule has 0 unspecified atom stereocenters. The highest BCUT2D eigenvalue weighted by Gasteiger charge is 2.40. The molecule has 0 saturated carbocycles. The van der Waals surface area contributed by atoms with Gasteiger partial charge in [0.15, 0.2) is 0 Å². The van der Waals surface area contributed by atoms with E-state index in [0.717, 1.165) is 5.01 Å². The van der Waals surface area contributed by atoms with Crippen molar-refractivity contribution in [3.05, 3.63) is 34.3 Å². The molecule has 0 radical (unpaired) electrons. The zero-order valence-electron chi connectivity index (χ0n) is 11.6. The summed E-state index contributed by atoms with van der Waals surface area (Å²) in [4.78, 5) is 35.7. The lowest BCUT2D eigenvalue weighted by atomic mass is 10.2. The standard InChI is InChI=1S/C13H15BrN4O3/c1-17(2)18-11(19)7-10(13(18)21)15-16-12(20)8-5-3-4-6-9(8)14/h3-6,10,15H,7H2,1-2H3,(H,16,20)/t10-/m1/s1. The maximum absolute atomic E-state index is 12.0. The number of amides is 3. The van der Waals surface area contributed by atoms with Crippen LogP contribution in [0.2, 0.25) is 0 Å². The van der Waals surface area contributed by atoms with Crippen LogP contribution < -0.4 is 10.9 Å². The smallest absolute Gasteiger partial charge is 0.266 e. The van der Waals surface area contributed by atoms with Crippen molar-refractivity contribution in [2.75, 3.05) is 14.1 Å². The second-order valence-electron chi connectivity index (χ2n) is 4.73. The van der Waals surface area contributed by atoms with Crippen molar-refractivity contribution in [2.24, 2.45) is 0 Å². The quantitative estimate of drug-likeness (QED) is 0.599. The number of benzene rings is 1. The van der Waals surface area contributed by atoms with Gasteiger partial charge in [-0.25, -0.2) is 15.4 Å². The highest BCUT2D eigenvalue weighted by molar-refractivity contribution is 9.10. The Labute approximate surface area is 130 Å². The van der Waals surface area contributed by atoms with Crippen molar-refractivity contribution in [3.8, 4) is 0 Å². The number of hydrogen-bond donors (Lipinski definition) is 2. The lowest BCUT2D eigenvalue weighted by molar-refractivity contribution is -0.153. The lowest BCUT2D eigenvalue weighted by Crippen LogP contribution is -2.50. The molecule has 0 aliphatic carbocycles. The predicted molar refractivity (Wildman–Crippen MR) is 78.7 cm³/mol. The third-order valence-corrected chi connectivity index (χ3v) is 3.69. The minimum Gasteiger partial charge on any atom is -0.287 e. The van der Waals surface area contributed by atoms with Gasteiger partial charge in [0.2, 0.25) is 5.91 Å². The third-order valence-electron chi connectivity index (χ3n) is 3.00. The number of nitrogens with zero attached hydrogens (tertiary/aromatic N) is 2. The zero-order chi connectivity index (χ0) is 15.6. The Morgan fingerprint density at radius 3 is 2.57 bits per heavy atom. The fourth-order valence-electron chi connectivity index (χ4n) is 2.02. The maximum atomic E-state index is 12.0. The maximum Gasteiger partial charge on any atom is 0.266 e. The van der Waals surface area contributed by atoms with Crippen molar-refractivity contribution in [1.82, 2.24) is 20.9 Å². The summed E-state index contributed by atoms with van der Waals surface area (Å²) in [5, 5.41) is 2.46. The van der Waals surface area contributed by atoms with Crippen LogP contribution in [-0.2, 0) is 9.59 Å². The molecule has 1 heterocycles. The first-order valence-corrected chi connectivity index (χ1v) is 7.05. The van der Waals surface area contributed by atoms with Gasteiger partial charge >= 0.3 is 0 Å². The molecule has 8 heteroatoms. The van der Waals surface area contributed by atoms with Crippen LogP contribution in [0.5, 0.6) is 0 Å². The Bertz CT molecular complexity index is 591. The van der Waals surface area contributed by atoms with Gasteiger partial charge in [0.25, 0.3) is 11.8 Å². The molecule has 2 N–H and O–H groups in total. The Morgan fingerprint density at radius 2 is 2.00 bits per heavy atom. The highest BCUT2D eigenvalue weighted by Crippen LogP contribution is 2.16. The van der Waals surface area contributed by atoms with E-state index in [0.29, 0.717) is 10.0 Å². The number of nitrogens with one attached hydrogen (secondary N) is 2. The van der Waals surface area contributed by atoms with Crippen molar-refractivity contribution >= 4 is 33.7 Å². The molecule has 0 aromatic heterocycles. The molecule has 0 bridgehead atoms. The summed E-state index contributed by atoms with van der Waals surface area (Å²) in [5.41, 5.74) is 5.50. The monoisotopic (exact) mass is 354 g/mol. The molecular weight excluding hydrogens is 340 g/mol. The number of hydrazine groups is 2. The highest BCUT2D eigenvalue weighted by atomic mass is 79.9. The molecule has 1 saturated heterocycles. The second-order valence-corrected chi connectivity index (χ2v) is 5.58. The van der Waals surface area contributed by atoms with Gasteiger partial charge in [-0.3, -0.25) is 19.8 Å². The fraction of sp³-hybridized carbons (Fsp3) is 0.308. The summed E-state index contributed by atoms with van der Waals surface area (Å²) in [6, 6.07) is 6.16. The summed E-state index contributed by atoms with van der Waals surface area (Å²) in [6.07, 6.45) is 0.00720. The van der Waals surface area contributed by atoms with E-state index in [4.69, 9.17) is 0 Å².